The van der Waals surface area contributed by atoms with E-state index in [9.17, 15) is 0 Å². The molecule has 0 amide bonds. The van der Waals surface area contributed by atoms with Gasteiger partial charge in [0.2, 0.25) is 0 Å². The molecule has 0 unspecified atom stereocenters. The van der Waals surface area contributed by atoms with Crippen molar-refractivity contribution in [2.24, 2.45) is 0 Å². The summed E-state index contributed by atoms with van der Waals surface area (Å²) in [5, 5.41) is 5.11. The van der Waals surface area contributed by atoms with Crippen LogP contribution >= 0.6 is 0 Å². The molecule has 5 aromatic carbocycles. The van der Waals surface area contributed by atoms with Gasteiger partial charge >= 0.3 is 0 Å². The fraction of sp³-hybridized carbons (Fsp3) is 0.100. The third-order valence-corrected chi connectivity index (χ3v) is 7.67. The quantitative estimate of drug-likeness (QED) is 0.134. The summed E-state index contributed by atoms with van der Waals surface area (Å²) in [6, 6.07) is 46.8. The number of benzene rings is 5. The van der Waals surface area contributed by atoms with Gasteiger partial charge in [0.1, 0.15) is 0 Å². The Morgan fingerprint density at radius 3 is 1.95 bits per heavy atom. The van der Waals surface area contributed by atoms with E-state index in [1.54, 1.807) is 0 Å². The number of hydrogen-bond acceptors (Lipinski definition) is 2. The molecule has 0 saturated carbocycles. The maximum atomic E-state index is 4.61. The summed E-state index contributed by atoms with van der Waals surface area (Å²) in [5.74, 6) is 0. The number of nitrogens with zero attached hydrogens (tertiary/aromatic N) is 2. The van der Waals surface area contributed by atoms with Gasteiger partial charge in [0.05, 0.1) is 0 Å². The summed E-state index contributed by atoms with van der Waals surface area (Å²) in [6.45, 7) is 8.26. The number of aryl methyl sites for hydroxylation is 4. The molecule has 43 heavy (non-hydrogen) atoms. The van der Waals surface area contributed by atoms with Crippen molar-refractivity contribution in [3.8, 4) is 33.6 Å². The predicted molar refractivity (Wildman–Crippen MR) is 176 cm³/mol. The molecule has 0 atom stereocenters. The zero-order valence-corrected chi connectivity index (χ0v) is 27.2. The molecular formula is C40H32IrN2-2. The second-order valence-electron chi connectivity index (χ2n) is 10.8. The molecule has 0 N–H and O–H groups in total. The molecule has 7 rings (SSSR count). The first kappa shape index (κ1) is 30.0. The minimum Gasteiger partial charge on any atom is -0.304 e. The van der Waals surface area contributed by atoms with Crippen LogP contribution < -0.4 is 0 Å². The summed E-state index contributed by atoms with van der Waals surface area (Å²) in [5.41, 5.74) is 11.2. The Morgan fingerprint density at radius 2 is 1.26 bits per heavy atom. The Kier molecular flexibility index (Phi) is 9.26. The molecule has 0 saturated heterocycles. The molecule has 0 aliphatic carbocycles. The van der Waals surface area contributed by atoms with Crippen molar-refractivity contribution in [1.82, 2.24) is 9.97 Å². The van der Waals surface area contributed by atoms with Crippen molar-refractivity contribution in [3.05, 3.63) is 156 Å². The van der Waals surface area contributed by atoms with Crippen molar-refractivity contribution in [2.75, 3.05) is 0 Å². The molecular weight excluding hydrogens is 701 g/mol. The molecule has 1 radical (unpaired) electrons. The molecule has 0 bridgehead atoms. The molecule has 7 aromatic rings. The van der Waals surface area contributed by atoms with E-state index in [4.69, 9.17) is 0 Å². The monoisotopic (exact) mass is 733 g/mol. The van der Waals surface area contributed by atoms with E-state index in [-0.39, 0.29) is 20.1 Å². The average molecular weight is 733 g/mol. The van der Waals surface area contributed by atoms with Gasteiger partial charge in [-0.25, -0.2) is 0 Å². The molecule has 2 aromatic heterocycles. The first-order valence-corrected chi connectivity index (χ1v) is 14.2. The number of hydrogen-bond donors (Lipinski definition) is 0. The van der Waals surface area contributed by atoms with Gasteiger partial charge in [-0.3, -0.25) is 0 Å². The number of rotatable bonds is 3. The largest absolute Gasteiger partial charge is 0.304 e. The standard InChI is InChI=1S/C26H18N.C14H14N.Ir/c1-18-7-6-12-26(27-18)20-15-13-19(14-16-20)25-17-21-8-2-3-9-22(21)23-10-4-5-11-24(23)25;1-10-4-6-13(7-5-10)14-8-11(2)12(3)9-15-14;/h2-15,17H,1H3;4-6,8-9H,1-3H3;/q2*-1;. The number of pyridine rings is 2. The molecule has 0 fully saturated rings. The van der Waals surface area contributed by atoms with Crippen LogP contribution in [0.4, 0.5) is 0 Å². The normalized spacial score (nSPS) is 10.6. The Morgan fingerprint density at radius 1 is 0.558 bits per heavy atom. The summed E-state index contributed by atoms with van der Waals surface area (Å²) >= 11 is 0. The van der Waals surface area contributed by atoms with Crippen molar-refractivity contribution < 1.29 is 20.1 Å². The van der Waals surface area contributed by atoms with Gasteiger partial charge in [0.15, 0.2) is 0 Å². The van der Waals surface area contributed by atoms with Crippen LogP contribution in [-0.2, 0) is 20.1 Å². The van der Waals surface area contributed by atoms with Crippen LogP contribution in [-0.4, -0.2) is 9.97 Å². The zero-order chi connectivity index (χ0) is 29.1. The topological polar surface area (TPSA) is 25.8 Å². The first-order chi connectivity index (χ1) is 20.5. The van der Waals surface area contributed by atoms with Gasteiger partial charge in [0.25, 0.3) is 0 Å². The molecule has 0 spiro atoms. The van der Waals surface area contributed by atoms with Crippen LogP contribution in [0.2, 0.25) is 0 Å². The number of fused-ring (bicyclic) bond motifs is 3. The summed E-state index contributed by atoms with van der Waals surface area (Å²) in [6.07, 6.45) is 1.92. The zero-order valence-electron chi connectivity index (χ0n) is 24.8. The maximum absolute atomic E-state index is 4.61. The Labute approximate surface area is 267 Å². The molecule has 2 heterocycles. The van der Waals surface area contributed by atoms with E-state index < -0.39 is 0 Å². The van der Waals surface area contributed by atoms with Gasteiger partial charge in [-0.05, 0) is 65.3 Å². The van der Waals surface area contributed by atoms with E-state index >= 15 is 0 Å². The molecule has 0 aliphatic rings. The summed E-state index contributed by atoms with van der Waals surface area (Å²) in [7, 11) is 0. The Hall–Kier alpha value is -4.43. The second-order valence-corrected chi connectivity index (χ2v) is 10.8. The Bertz CT molecular complexity index is 2010. The fourth-order valence-electron chi connectivity index (χ4n) is 5.17. The maximum Gasteiger partial charge on any atom is 0.0266 e. The van der Waals surface area contributed by atoms with E-state index in [0.29, 0.717) is 0 Å². The molecule has 3 heteroatoms. The van der Waals surface area contributed by atoms with Crippen LogP contribution in [0.5, 0.6) is 0 Å². The second kappa shape index (κ2) is 13.3. The van der Waals surface area contributed by atoms with Crippen molar-refractivity contribution in [3.63, 3.8) is 0 Å². The third kappa shape index (κ3) is 6.65. The van der Waals surface area contributed by atoms with E-state index in [1.165, 1.54) is 49.4 Å². The molecule has 213 valence electrons. The van der Waals surface area contributed by atoms with E-state index in [0.717, 1.165) is 28.2 Å². The average Bonchev–Trinajstić information content (AvgIpc) is 3.03. The number of aromatic nitrogens is 2. The Balaban J connectivity index is 0.000000197. The minimum absolute atomic E-state index is 0. The molecule has 2 nitrogen and oxygen atoms in total. The minimum atomic E-state index is 0. The van der Waals surface area contributed by atoms with Crippen LogP contribution in [0.1, 0.15) is 22.4 Å². The summed E-state index contributed by atoms with van der Waals surface area (Å²) in [4.78, 5) is 9.01. The molecule has 0 aliphatic heterocycles. The van der Waals surface area contributed by atoms with Gasteiger partial charge in [-0.1, -0.05) is 96.4 Å². The smallest absolute Gasteiger partial charge is 0.0266 e. The van der Waals surface area contributed by atoms with Crippen LogP contribution in [0.25, 0.3) is 55.2 Å². The third-order valence-electron chi connectivity index (χ3n) is 7.67. The van der Waals surface area contributed by atoms with Crippen molar-refractivity contribution >= 4 is 21.5 Å². The fourth-order valence-corrected chi connectivity index (χ4v) is 5.17. The van der Waals surface area contributed by atoms with Gasteiger partial charge in [-0.15, -0.1) is 65.2 Å². The first-order valence-electron chi connectivity index (χ1n) is 14.2. The van der Waals surface area contributed by atoms with Gasteiger partial charge in [0, 0.05) is 32.0 Å². The van der Waals surface area contributed by atoms with Crippen LogP contribution in [0, 0.1) is 39.8 Å². The van der Waals surface area contributed by atoms with Gasteiger partial charge < -0.3 is 9.97 Å². The van der Waals surface area contributed by atoms with E-state index in [2.05, 4.69) is 134 Å². The summed E-state index contributed by atoms with van der Waals surface area (Å²) < 4.78 is 0. The van der Waals surface area contributed by atoms with Crippen molar-refractivity contribution in [1.29, 1.82) is 0 Å². The van der Waals surface area contributed by atoms with Crippen LogP contribution in [0.15, 0.2) is 121 Å². The van der Waals surface area contributed by atoms with Gasteiger partial charge in [-0.2, -0.15) is 0 Å². The predicted octanol–water partition coefficient (Wildman–Crippen LogP) is 10.3. The van der Waals surface area contributed by atoms with Crippen LogP contribution in [0.3, 0.4) is 0 Å². The van der Waals surface area contributed by atoms with Crippen molar-refractivity contribution in [2.45, 2.75) is 27.7 Å². The SMILES string of the molecule is Cc1c[c-]c(-c2cc(C)c(C)cn2)cc1.Cc1cccc(-c2[c-]cc(-c3cc4ccccc4c4ccccc34)cc2)n1.[Ir]. The van der Waals surface area contributed by atoms with E-state index in [1.807, 2.05) is 37.4 Å².